The molecule has 0 spiro atoms. The van der Waals surface area contributed by atoms with Crippen molar-refractivity contribution in [3.8, 4) is 5.75 Å². The number of carbonyl (C=O) groups excluding carboxylic acids is 3. The Morgan fingerprint density at radius 2 is 1.72 bits per heavy atom. The molecule has 1 saturated heterocycles. The highest BCUT2D eigenvalue weighted by molar-refractivity contribution is 9.10. The monoisotopic (exact) mass is 503 g/mol. The van der Waals surface area contributed by atoms with Gasteiger partial charge in [-0.2, -0.15) is 0 Å². The van der Waals surface area contributed by atoms with E-state index in [9.17, 15) is 14.4 Å². The molecule has 0 aliphatic carbocycles. The van der Waals surface area contributed by atoms with E-state index in [-0.39, 0.29) is 11.8 Å². The van der Waals surface area contributed by atoms with Gasteiger partial charge in [0.15, 0.2) is 0 Å². The van der Waals surface area contributed by atoms with Gasteiger partial charge in [-0.05, 0) is 42.8 Å². The normalized spacial score (nSPS) is 13.5. The van der Waals surface area contributed by atoms with Gasteiger partial charge in [-0.15, -0.1) is 0 Å². The predicted molar refractivity (Wildman–Crippen MR) is 126 cm³/mol. The van der Waals surface area contributed by atoms with E-state index in [1.165, 1.54) is 14.2 Å². The summed E-state index contributed by atoms with van der Waals surface area (Å²) in [6.45, 7) is 5.80. The average molecular weight is 504 g/mol. The summed E-state index contributed by atoms with van der Waals surface area (Å²) in [5, 5.41) is 2.94. The van der Waals surface area contributed by atoms with Crippen LogP contribution in [0.25, 0.3) is 0 Å². The van der Waals surface area contributed by atoms with Crippen LogP contribution in [0, 0.1) is 6.92 Å². The molecule has 0 aromatic heterocycles. The molecule has 8 nitrogen and oxygen atoms in total. The molecular weight excluding hydrogens is 478 g/mol. The number of halogens is 1. The first-order chi connectivity index (χ1) is 15.2. The zero-order chi connectivity index (χ0) is 23.4. The van der Waals surface area contributed by atoms with Crippen LogP contribution >= 0.6 is 15.9 Å². The summed E-state index contributed by atoms with van der Waals surface area (Å²) in [5.41, 5.74) is 2.76. The summed E-state index contributed by atoms with van der Waals surface area (Å²) in [7, 11) is 2.83. The number of hydrogen-bond acceptors (Lipinski definition) is 6. The van der Waals surface area contributed by atoms with Crippen molar-refractivity contribution in [2.24, 2.45) is 0 Å². The van der Waals surface area contributed by atoms with Crippen LogP contribution in [0.15, 0.2) is 34.8 Å². The Labute approximate surface area is 195 Å². The highest BCUT2D eigenvalue weighted by atomic mass is 79.9. The average Bonchev–Trinajstić information content (AvgIpc) is 2.78. The lowest BCUT2D eigenvalue weighted by Crippen LogP contribution is -2.48. The Hall–Kier alpha value is -3.07. The maximum Gasteiger partial charge on any atom is 0.337 e. The smallest absolute Gasteiger partial charge is 0.337 e. The van der Waals surface area contributed by atoms with Crippen molar-refractivity contribution in [1.29, 1.82) is 0 Å². The second kappa shape index (κ2) is 10.0. The highest BCUT2D eigenvalue weighted by Gasteiger charge is 2.23. The van der Waals surface area contributed by atoms with Gasteiger partial charge in [0, 0.05) is 37.6 Å². The maximum absolute atomic E-state index is 13.2. The number of nitrogens with one attached hydrogen (secondary N) is 1. The van der Waals surface area contributed by atoms with Crippen LogP contribution in [0.1, 0.15) is 33.2 Å². The second-order valence-electron chi connectivity index (χ2n) is 7.47. The van der Waals surface area contributed by atoms with Crippen molar-refractivity contribution in [3.63, 3.8) is 0 Å². The number of rotatable bonds is 5. The van der Waals surface area contributed by atoms with Crippen molar-refractivity contribution >= 4 is 45.1 Å². The molecule has 2 aromatic carbocycles. The Bertz CT molecular complexity index is 1050. The van der Waals surface area contributed by atoms with E-state index < -0.39 is 5.97 Å². The number of benzene rings is 2. The van der Waals surface area contributed by atoms with Gasteiger partial charge in [-0.1, -0.05) is 15.9 Å². The van der Waals surface area contributed by atoms with E-state index in [2.05, 4.69) is 26.1 Å². The van der Waals surface area contributed by atoms with Crippen LogP contribution in [0.2, 0.25) is 0 Å². The fourth-order valence-electron chi connectivity index (χ4n) is 3.78. The lowest BCUT2D eigenvalue weighted by Gasteiger charge is -2.36. The number of amides is 2. The number of hydrogen-bond donors (Lipinski definition) is 1. The maximum atomic E-state index is 13.2. The van der Waals surface area contributed by atoms with E-state index in [0.717, 1.165) is 15.7 Å². The number of methoxy groups -OCH3 is 2. The molecule has 9 heteroatoms. The molecule has 1 fully saturated rings. The van der Waals surface area contributed by atoms with E-state index >= 15 is 0 Å². The summed E-state index contributed by atoms with van der Waals surface area (Å²) in [6, 6.07) is 8.62. The summed E-state index contributed by atoms with van der Waals surface area (Å²) < 4.78 is 11.0. The lowest BCUT2D eigenvalue weighted by atomic mass is 10.1. The molecule has 3 rings (SSSR count). The van der Waals surface area contributed by atoms with Crippen molar-refractivity contribution in [1.82, 2.24) is 4.90 Å². The predicted octanol–water partition coefficient (Wildman–Crippen LogP) is 3.47. The molecule has 0 bridgehead atoms. The molecule has 32 heavy (non-hydrogen) atoms. The van der Waals surface area contributed by atoms with Crippen molar-refractivity contribution < 1.29 is 23.9 Å². The van der Waals surface area contributed by atoms with Crippen LogP contribution < -0.4 is 15.0 Å². The molecule has 0 atom stereocenters. The van der Waals surface area contributed by atoms with Gasteiger partial charge >= 0.3 is 5.97 Å². The number of anilines is 2. The molecule has 0 unspecified atom stereocenters. The minimum atomic E-state index is -0.496. The summed E-state index contributed by atoms with van der Waals surface area (Å²) in [4.78, 5) is 40.9. The zero-order valence-electron chi connectivity index (χ0n) is 18.5. The number of esters is 1. The zero-order valence-corrected chi connectivity index (χ0v) is 20.1. The van der Waals surface area contributed by atoms with Crippen LogP contribution in [0.3, 0.4) is 0 Å². The highest BCUT2D eigenvalue weighted by Crippen LogP contribution is 2.32. The summed E-state index contributed by atoms with van der Waals surface area (Å²) in [5.74, 6) is -0.344. The van der Waals surface area contributed by atoms with Gasteiger partial charge < -0.3 is 24.6 Å². The third-order valence-electron chi connectivity index (χ3n) is 5.42. The molecule has 0 radical (unpaired) electrons. The number of piperazine rings is 1. The molecule has 0 saturated carbocycles. The number of ether oxygens (including phenoxy) is 2. The van der Waals surface area contributed by atoms with Gasteiger partial charge in [0.1, 0.15) is 5.75 Å². The van der Waals surface area contributed by atoms with Crippen LogP contribution in [-0.2, 0) is 9.53 Å². The molecule has 2 aromatic rings. The quantitative estimate of drug-likeness (QED) is 0.628. The van der Waals surface area contributed by atoms with Gasteiger partial charge in [-0.3, -0.25) is 9.59 Å². The van der Waals surface area contributed by atoms with Crippen LogP contribution in [0.4, 0.5) is 11.4 Å². The fraction of sp³-hybridized carbons (Fsp3) is 0.348. The number of aryl methyl sites for hydroxylation is 1. The van der Waals surface area contributed by atoms with Crippen molar-refractivity contribution in [2.45, 2.75) is 13.8 Å². The van der Waals surface area contributed by atoms with Gasteiger partial charge in [0.05, 0.1) is 36.7 Å². The van der Waals surface area contributed by atoms with Crippen LogP contribution in [0.5, 0.6) is 5.75 Å². The molecule has 1 aliphatic heterocycles. The Balaban J connectivity index is 1.96. The van der Waals surface area contributed by atoms with E-state index in [1.807, 2.05) is 13.0 Å². The number of carbonyl (C=O) groups is 3. The summed E-state index contributed by atoms with van der Waals surface area (Å²) >= 11 is 3.43. The lowest BCUT2D eigenvalue weighted by molar-refractivity contribution is -0.129. The van der Waals surface area contributed by atoms with Crippen molar-refractivity contribution in [2.75, 3.05) is 50.6 Å². The topological polar surface area (TPSA) is 88.2 Å². The van der Waals surface area contributed by atoms with E-state index in [0.29, 0.717) is 48.7 Å². The Kier molecular flexibility index (Phi) is 7.40. The van der Waals surface area contributed by atoms with E-state index in [1.54, 1.807) is 36.1 Å². The molecular formula is C23H26BrN3O5. The van der Waals surface area contributed by atoms with E-state index in [4.69, 9.17) is 9.47 Å². The minimum Gasteiger partial charge on any atom is -0.496 e. The molecule has 2 amide bonds. The van der Waals surface area contributed by atoms with Gasteiger partial charge in [0.2, 0.25) is 5.91 Å². The summed E-state index contributed by atoms with van der Waals surface area (Å²) in [6.07, 6.45) is 0. The third kappa shape index (κ3) is 5.04. The SMILES string of the molecule is COC(=O)c1ccc(N2CCN(C(C)=O)CC2)c(NC(=O)c2cc(Br)cc(C)c2OC)c1. The first-order valence-corrected chi connectivity index (χ1v) is 10.9. The standard InChI is InChI=1S/C23H26BrN3O5/c1-14-11-17(24)13-18(21(14)31-3)22(29)25-19-12-16(23(30)32-4)5-6-20(19)27-9-7-26(8-10-27)15(2)28/h5-6,11-13H,7-10H2,1-4H3,(H,25,29). The first kappa shape index (κ1) is 23.6. The molecule has 170 valence electrons. The third-order valence-corrected chi connectivity index (χ3v) is 5.88. The first-order valence-electron chi connectivity index (χ1n) is 10.1. The largest absolute Gasteiger partial charge is 0.496 e. The minimum absolute atomic E-state index is 0.0383. The Morgan fingerprint density at radius 1 is 1.03 bits per heavy atom. The van der Waals surface area contributed by atoms with Crippen molar-refractivity contribution in [3.05, 3.63) is 51.5 Å². The second-order valence-corrected chi connectivity index (χ2v) is 8.39. The Morgan fingerprint density at radius 3 is 2.31 bits per heavy atom. The van der Waals surface area contributed by atoms with Gasteiger partial charge in [-0.25, -0.2) is 4.79 Å². The number of nitrogens with zero attached hydrogens (tertiary/aromatic N) is 2. The van der Waals surface area contributed by atoms with Gasteiger partial charge in [0.25, 0.3) is 5.91 Å². The molecule has 1 heterocycles. The fourth-order valence-corrected chi connectivity index (χ4v) is 4.35. The molecule has 1 aliphatic rings. The molecule has 1 N–H and O–H groups in total. The van der Waals surface area contributed by atoms with Crippen LogP contribution in [-0.4, -0.2) is 63.1 Å².